The Labute approximate surface area is 70.8 Å². The van der Waals surface area contributed by atoms with Crippen LogP contribution in [0.25, 0.3) is 0 Å². The maximum atomic E-state index is 10.4. The van der Waals surface area contributed by atoms with Gasteiger partial charge >= 0.3 is 16.1 Å². The normalized spacial score (nSPS) is 10.8. The SMILES string of the molecule is C=CC(=O)OCCCS(=O)(=O)[OH2+]. The molecule has 0 radical (unpaired) electrons. The van der Waals surface area contributed by atoms with Crippen molar-refractivity contribution >= 4 is 16.1 Å². The van der Waals surface area contributed by atoms with Gasteiger partial charge in [-0.25, -0.2) is 4.79 Å². The molecule has 0 aliphatic carbocycles. The van der Waals surface area contributed by atoms with Crippen LogP contribution in [0.2, 0.25) is 0 Å². The van der Waals surface area contributed by atoms with Gasteiger partial charge in [-0.2, -0.15) is 8.42 Å². The fraction of sp³-hybridized carbons (Fsp3) is 0.500. The van der Waals surface area contributed by atoms with Gasteiger partial charge in [-0.05, 0) is 0 Å². The molecule has 0 bridgehead atoms. The minimum absolute atomic E-state index is 0.00294. The van der Waals surface area contributed by atoms with Crippen molar-refractivity contribution in [3.8, 4) is 0 Å². The quantitative estimate of drug-likeness (QED) is 0.248. The summed E-state index contributed by atoms with van der Waals surface area (Å²) in [6.45, 7) is 3.16. The van der Waals surface area contributed by atoms with Crippen LogP contribution in [0.4, 0.5) is 0 Å². The third-order valence-electron chi connectivity index (χ3n) is 0.968. The largest absolute Gasteiger partial charge is 0.463 e. The molecule has 0 heterocycles. The molecule has 0 spiro atoms. The Hall–Kier alpha value is -0.880. The van der Waals surface area contributed by atoms with Crippen molar-refractivity contribution in [1.29, 1.82) is 0 Å². The van der Waals surface area contributed by atoms with E-state index in [1.54, 1.807) is 0 Å². The molecule has 0 rings (SSSR count). The van der Waals surface area contributed by atoms with Crippen molar-refractivity contribution in [2.45, 2.75) is 6.42 Å². The number of hydrogen-bond acceptors (Lipinski definition) is 4. The predicted molar refractivity (Wildman–Crippen MR) is 43.2 cm³/mol. The van der Waals surface area contributed by atoms with Crippen LogP contribution in [0.5, 0.6) is 0 Å². The first-order valence-corrected chi connectivity index (χ1v) is 4.87. The Morgan fingerprint density at radius 2 is 2.17 bits per heavy atom. The van der Waals surface area contributed by atoms with Gasteiger partial charge in [-0.1, -0.05) is 6.58 Å². The first-order valence-electron chi connectivity index (χ1n) is 3.22. The van der Waals surface area contributed by atoms with E-state index in [1.165, 1.54) is 0 Å². The highest BCUT2D eigenvalue weighted by Crippen LogP contribution is 1.90. The molecule has 6 heteroatoms. The van der Waals surface area contributed by atoms with Gasteiger partial charge in [0.15, 0.2) is 0 Å². The van der Waals surface area contributed by atoms with Gasteiger partial charge in [0, 0.05) is 12.5 Å². The molecule has 0 aromatic heterocycles. The van der Waals surface area contributed by atoms with Crippen LogP contribution >= 0.6 is 0 Å². The molecule has 0 aromatic rings. The van der Waals surface area contributed by atoms with E-state index in [0.717, 1.165) is 6.08 Å². The molecule has 12 heavy (non-hydrogen) atoms. The molecule has 0 saturated heterocycles. The van der Waals surface area contributed by atoms with E-state index in [1.807, 2.05) is 0 Å². The summed E-state index contributed by atoms with van der Waals surface area (Å²) in [6.07, 6.45) is 1.14. The molecule has 0 saturated carbocycles. The van der Waals surface area contributed by atoms with Gasteiger partial charge in [0.2, 0.25) is 0 Å². The lowest BCUT2D eigenvalue weighted by atomic mass is 10.5. The average Bonchev–Trinajstić information content (AvgIpc) is 1.96. The van der Waals surface area contributed by atoms with E-state index >= 15 is 0 Å². The summed E-state index contributed by atoms with van der Waals surface area (Å²) in [5.74, 6) is -0.880. The smallest absolute Gasteiger partial charge is 0.378 e. The van der Waals surface area contributed by atoms with Crippen LogP contribution < -0.4 is 0 Å². The van der Waals surface area contributed by atoms with Crippen LogP contribution in [0.3, 0.4) is 0 Å². The highest BCUT2D eigenvalue weighted by Gasteiger charge is 2.08. The number of rotatable bonds is 5. The van der Waals surface area contributed by atoms with E-state index in [4.69, 9.17) is 4.55 Å². The predicted octanol–water partition coefficient (Wildman–Crippen LogP) is -0.840. The Morgan fingerprint density at radius 1 is 1.58 bits per heavy atom. The van der Waals surface area contributed by atoms with Gasteiger partial charge in [0.1, 0.15) is 5.75 Å². The van der Waals surface area contributed by atoms with Crippen LogP contribution in [0, 0.1) is 0 Å². The summed E-state index contributed by atoms with van der Waals surface area (Å²) in [5, 5.41) is 0. The van der Waals surface area contributed by atoms with Gasteiger partial charge in [0.05, 0.1) is 6.61 Å². The summed E-state index contributed by atoms with van der Waals surface area (Å²) in [5.41, 5.74) is 0. The van der Waals surface area contributed by atoms with E-state index < -0.39 is 16.1 Å². The van der Waals surface area contributed by atoms with E-state index in [0.29, 0.717) is 0 Å². The highest BCUT2D eigenvalue weighted by molar-refractivity contribution is 7.85. The second-order valence-corrected chi connectivity index (χ2v) is 3.68. The van der Waals surface area contributed by atoms with E-state index in [-0.39, 0.29) is 18.8 Å². The molecular weight excluding hydrogens is 184 g/mol. The Morgan fingerprint density at radius 3 is 2.58 bits per heavy atom. The van der Waals surface area contributed by atoms with Crippen molar-refractivity contribution in [2.75, 3.05) is 12.4 Å². The fourth-order valence-corrected chi connectivity index (χ4v) is 0.979. The van der Waals surface area contributed by atoms with E-state index in [2.05, 4.69) is 11.3 Å². The molecule has 0 aliphatic rings. The summed E-state index contributed by atoms with van der Waals surface area (Å²) in [4.78, 5) is 10.4. The highest BCUT2D eigenvalue weighted by atomic mass is 32.2. The zero-order valence-electron chi connectivity index (χ0n) is 6.45. The Bertz CT molecular complexity index is 253. The molecule has 0 unspecified atom stereocenters. The zero-order chi connectivity index (χ0) is 9.61. The van der Waals surface area contributed by atoms with Crippen LogP contribution in [-0.4, -0.2) is 31.3 Å². The number of hydrogen-bond donors (Lipinski definition) is 0. The monoisotopic (exact) mass is 195 g/mol. The summed E-state index contributed by atoms with van der Waals surface area (Å²) >= 11 is 0. The number of carbonyl (C=O) groups excluding carboxylic acids is 1. The molecule has 0 fully saturated rings. The zero-order valence-corrected chi connectivity index (χ0v) is 7.26. The minimum Gasteiger partial charge on any atom is -0.463 e. The molecule has 2 N–H and O–H groups in total. The third kappa shape index (κ3) is 7.23. The number of esters is 1. The molecule has 5 nitrogen and oxygen atoms in total. The van der Waals surface area contributed by atoms with E-state index in [9.17, 15) is 13.2 Å². The standard InChI is InChI=1S/C6H10O5S/c1-2-6(7)11-4-3-5-12(8,9)10/h2H,1,3-5H2,(H,8,9,10)/p+1. The lowest BCUT2D eigenvalue weighted by molar-refractivity contribution is -0.137. The van der Waals surface area contributed by atoms with Gasteiger partial charge < -0.3 is 9.29 Å². The number of carbonyl (C=O) groups is 1. The van der Waals surface area contributed by atoms with Crippen LogP contribution in [0.1, 0.15) is 6.42 Å². The average molecular weight is 195 g/mol. The first kappa shape index (κ1) is 11.1. The molecule has 0 aliphatic heterocycles. The van der Waals surface area contributed by atoms with Crippen molar-refractivity contribution in [3.05, 3.63) is 12.7 Å². The van der Waals surface area contributed by atoms with Gasteiger partial charge in [-0.15, -0.1) is 0 Å². The summed E-state index contributed by atoms with van der Waals surface area (Å²) in [7, 11) is -3.70. The molecule has 70 valence electrons. The van der Waals surface area contributed by atoms with Crippen molar-refractivity contribution in [3.63, 3.8) is 0 Å². The molecular formula is C6H11O5S+. The lowest BCUT2D eigenvalue weighted by Gasteiger charge is -1.97. The van der Waals surface area contributed by atoms with Crippen LogP contribution in [-0.2, 0) is 19.6 Å². The van der Waals surface area contributed by atoms with Gasteiger partial charge in [0.25, 0.3) is 0 Å². The van der Waals surface area contributed by atoms with Crippen LogP contribution in [0.15, 0.2) is 12.7 Å². The summed E-state index contributed by atoms with van der Waals surface area (Å²) < 4.78 is 31.5. The molecule has 0 amide bonds. The van der Waals surface area contributed by atoms with Crippen molar-refractivity contribution < 1.29 is 22.5 Å². The number of ether oxygens (including phenoxy) is 1. The third-order valence-corrected chi connectivity index (χ3v) is 1.79. The Balaban J connectivity index is 3.47. The maximum absolute atomic E-state index is 10.4. The molecule has 0 atom stereocenters. The van der Waals surface area contributed by atoms with Crippen molar-refractivity contribution in [2.24, 2.45) is 0 Å². The van der Waals surface area contributed by atoms with Crippen molar-refractivity contribution in [1.82, 2.24) is 0 Å². The lowest BCUT2D eigenvalue weighted by Crippen LogP contribution is -2.09. The fourth-order valence-electron chi connectivity index (χ4n) is 0.481. The van der Waals surface area contributed by atoms with Gasteiger partial charge in [-0.3, -0.25) is 0 Å². The molecule has 0 aromatic carbocycles. The second-order valence-electron chi connectivity index (χ2n) is 2.04. The maximum Gasteiger partial charge on any atom is 0.378 e. The minimum atomic E-state index is -3.70. The first-order chi connectivity index (χ1) is 5.45. The second kappa shape index (κ2) is 4.89. The summed E-state index contributed by atoms with van der Waals surface area (Å²) in [6, 6.07) is 0. The Kier molecular flexibility index (Phi) is 4.53. The topological polar surface area (TPSA) is 83.3 Å².